The highest BCUT2D eigenvalue weighted by Crippen LogP contribution is 2.28. The lowest BCUT2D eigenvalue weighted by atomic mass is 10.3. The van der Waals surface area contributed by atoms with E-state index >= 15 is 0 Å². The first kappa shape index (κ1) is 14.5. The highest BCUT2D eigenvalue weighted by molar-refractivity contribution is 7.11. The monoisotopic (exact) mass is 322 g/mol. The number of fused-ring (bicyclic) bond motifs is 1. The maximum Gasteiger partial charge on any atom is 0.151 e. The molecule has 0 amide bonds. The Morgan fingerprint density at radius 1 is 1.29 bits per heavy atom. The van der Waals surface area contributed by atoms with Crippen molar-refractivity contribution in [2.45, 2.75) is 32.2 Å². The molecule has 3 rings (SSSR count). The third-order valence-corrected chi connectivity index (χ3v) is 4.90. The summed E-state index contributed by atoms with van der Waals surface area (Å²) >= 11 is 8.01. The van der Waals surface area contributed by atoms with Crippen LogP contribution >= 0.6 is 22.9 Å². The van der Waals surface area contributed by atoms with Crippen LogP contribution in [-0.2, 0) is 13.0 Å². The second-order valence-corrected chi connectivity index (χ2v) is 6.91. The van der Waals surface area contributed by atoms with Gasteiger partial charge >= 0.3 is 0 Å². The minimum Gasteiger partial charge on any atom is -0.321 e. The topological polar surface area (TPSA) is 17.8 Å². The minimum absolute atomic E-state index is 0.262. The van der Waals surface area contributed by atoms with Crippen molar-refractivity contribution in [2.75, 3.05) is 0 Å². The standard InChI is InChI=1S/C16H16ClFN2S/c1-3-11-7-8-12(21-11)9-20-14-6-4-5-13(18)15(14)19-16(20)10(2)17/h4-8,10H,3,9H2,1-2H3. The van der Waals surface area contributed by atoms with Crippen molar-refractivity contribution in [3.63, 3.8) is 0 Å². The van der Waals surface area contributed by atoms with Crippen molar-refractivity contribution >= 4 is 34.0 Å². The highest BCUT2D eigenvalue weighted by atomic mass is 35.5. The van der Waals surface area contributed by atoms with Gasteiger partial charge in [0.25, 0.3) is 0 Å². The van der Waals surface area contributed by atoms with Crippen LogP contribution in [0.2, 0.25) is 0 Å². The number of hydrogen-bond acceptors (Lipinski definition) is 2. The molecule has 0 bridgehead atoms. The molecule has 0 radical (unpaired) electrons. The molecule has 2 aromatic heterocycles. The van der Waals surface area contributed by atoms with Crippen molar-refractivity contribution < 1.29 is 4.39 Å². The predicted octanol–water partition coefficient (Wildman–Crippen LogP) is 5.15. The van der Waals surface area contributed by atoms with Gasteiger partial charge in [0.15, 0.2) is 5.82 Å². The minimum atomic E-state index is -0.301. The molecule has 0 aliphatic heterocycles. The van der Waals surface area contributed by atoms with E-state index in [4.69, 9.17) is 11.6 Å². The molecule has 3 aromatic rings. The van der Waals surface area contributed by atoms with E-state index in [0.29, 0.717) is 17.9 Å². The van der Waals surface area contributed by atoms with Crippen LogP contribution in [0.5, 0.6) is 0 Å². The lowest BCUT2D eigenvalue weighted by Crippen LogP contribution is -2.04. The summed E-state index contributed by atoms with van der Waals surface area (Å²) in [5.41, 5.74) is 1.19. The second-order valence-electron chi connectivity index (χ2n) is 5.00. The summed E-state index contributed by atoms with van der Waals surface area (Å²) in [6, 6.07) is 9.30. The fraction of sp³-hybridized carbons (Fsp3) is 0.312. The molecule has 2 nitrogen and oxygen atoms in total. The van der Waals surface area contributed by atoms with Gasteiger partial charge in [-0.1, -0.05) is 13.0 Å². The molecule has 0 fully saturated rings. The van der Waals surface area contributed by atoms with Crippen LogP contribution in [0, 0.1) is 5.82 Å². The summed E-state index contributed by atoms with van der Waals surface area (Å²) in [4.78, 5) is 6.97. The van der Waals surface area contributed by atoms with Crippen LogP contribution < -0.4 is 0 Å². The SMILES string of the molecule is CCc1ccc(Cn2c(C(C)Cl)nc3c(F)cccc32)s1. The van der Waals surface area contributed by atoms with Crippen LogP contribution in [0.25, 0.3) is 11.0 Å². The van der Waals surface area contributed by atoms with E-state index in [2.05, 4.69) is 24.0 Å². The van der Waals surface area contributed by atoms with Crippen LogP contribution in [0.3, 0.4) is 0 Å². The van der Waals surface area contributed by atoms with Crippen molar-refractivity contribution in [3.8, 4) is 0 Å². The second kappa shape index (κ2) is 5.78. The Labute approximate surface area is 132 Å². The van der Waals surface area contributed by atoms with Crippen LogP contribution in [0.15, 0.2) is 30.3 Å². The summed E-state index contributed by atoms with van der Waals surface area (Å²) in [7, 11) is 0. The van der Waals surface area contributed by atoms with E-state index in [0.717, 1.165) is 11.9 Å². The van der Waals surface area contributed by atoms with Gasteiger partial charge in [0, 0.05) is 9.75 Å². The van der Waals surface area contributed by atoms with Gasteiger partial charge in [-0.05, 0) is 37.6 Å². The van der Waals surface area contributed by atoms with Gasteiger partial charge in [0.05, 0.1) is 17.4 Å². The number of thiophene rings is 1. The Morgan fingerprint density at radius 2 is 2.05 bits per heavy atom. The first-order chi connectivity index (χ1) is 10.1. The number of benzene rings is 1. The van der Waals surface area contributed by atoms with Gasteiger partial charge in [-0.15, -0.1) is 22.9 Å². The number of para-hydroxylation sites is 1. The number of alkyl halides is 1. The lowest BCUT2D eigenvalue weighted by molar-refractivity contribution is 0.637. The summed E-state index contributed by atoms with van der Waals surface area (Å²) in [5, 5.41) is -0.262. The maximum absolute atomic E-state index is 13.9. The van der Waals surface area contributed by atoms with Crippen LogP contribution in [-0.4, -0.2) is 9.55 Å². The van der Waals surface area contributed by atoms with Gasteiger partial charge < -0.3 is 4.57 Å². The van der Waals surface area contributed by atoms with E-state index in [1.54, 1.807) is 17.4 Å². The summed E-state index contributed by atoms with van der Waals surface area (Å²) in [6.45, 7) is 4.68. The average Bonchev–Trinajstić information content (AvgIpc) is 3.05. The number of aryl methyl sites for hydroxylation is 1. The fourth-order valence-corrected chi connectivity index (χ4v) is 3.57. The molecule has 0 saturated heterocycles. The molecule has 1 aromatic carbocycles. The van der Waals surface area contributed by atoms with E-state index in [-0.39, 0.29) is 11.2 Å². The fourth-order valence-electron chi connectivity index (χ4n) is 2.45. The van der Waals surface area contributed by atoms with Gasteiger partial charge in [-0.2, -0.15) is 0 Å². The first-order valence-corrected chi connectivity index (χ1v) is 8.21. The normalized spacial score (nSPS) is 13.0. The van der Waals surface area contributed by atoms with Gasteiger partial charge in [0.1, 0.15) is 11.3 Å². The zero-order valence-corrected chi connectivity index (χ0v) is 13.5. The number of aromatic nitrogens is 2. The summed E-state index contributed by atoms with van der Waals surface area (Å²) < 4.78 is 15.9. The first-order valence-electron chi connectivity index (χ1n) is 6.96. The van der Waals surface area contributed by atoms with Crippen molar-refractivity contribution in [3.05, 3.63) is 51.7 Å². The summed E-state index contributed by atoms with van der Waals surface area (Å²) in [6.07, 6.45) is 1.03. The third kappa shape index (κ3) is 2.70. The number of hydrogen-bond donors (Lipinski definition) is 0. The van der Waals surface area contributed by atoms with Crippen LogP contribution in [0.4, 0.5) is 4.39 Å². The molecule has 0 aliphatic carbocycles. The molecular weight excluding hydrogens is 307 g/mol. The molecular formula is C16H16ClFN2S. The maximum atomic E-state index is 13.9. The molecule has 110 valence electrons. The van der Waals surface area contributed by atoms with E-state index in [9.17, 15) is 4.39 Å². The molecule has 0 aliphatic rings. The number of rotatable bonds is 4. The smallest absolute Gasteiger partial charge is 0.151 e. The van der Waals surface area contributed by atoms with E-state index < -0.39 is 0 Å². The van der Waals surface area contributed by atoms with Gasteiger partial charge in [-0.25, -0.2) is 9.37 Å². The average molecular weight is 323 g/mol. The Bertz CT molecular complexity index is 776. The Morgan fingerprint density at radius 3 is 2.71 bits per heavy atom. The van der Waals surface area contributed by atoms with Crippen molar-refractivity contribution in [1.82, 2.24) is 9.55 Å². The number of nitrogens with zero attached hydrogens (tertiary/aromatic N) is 2. The largest absolute Gasteiger partial charge is 0.321 e. The molecule has 0 spiro atoms. The molecule has 21 heavy (non-hydrogen) atoms. The number of imidazole rings is 1. The Hall–Kier alpha value is -1.39. The van der Waals surface area contributed by atoms with Crippen molar-refractivity contribution in [2.24, 2.45) is 0 Å². The third-order valence-electron chi connectivity index (χ3n) is 3.49. The number of halogens is 2. The molecule has 1 unspecified atom stereocenters. The highest BCUT2D eigenvalue weighted by Gasteiger charge is 2.17. The van der Waals surface area contributed by atoms with Gasteiger partial charge in [-0.3, -0.25) is 0 Å². The molecule has 2 heterocycles. The van der Waals surface area contributed by atoms with E-state index in [1.807, 2.05) is 17.6 Å². The Balaban J connectivity index is 2.11. The van der Waals surface area contributed by atoms with E-state index in [1.165, 1.54) is 15.8 Å². The van der Waals surface area contributed by atoms with Crippen LogP contribution in [0.1, 0.15) is 34.8 Å². The molecule has 0 N–H and O–H groups in total. The Kier molecular flexibility index (Phi) is 4.00. The molecule has 0 saturated carbocycles. The zero-order valence-electron chi connectivity index (χ0n) is 11.9. The molecule has 5 heteroatoms. The quantitative estimate of drug-likeness (QED) is 0.607. The molecule has 1 atom stereocenters. The summed E-state index contributed by atoms with van der Waals surface area (Å²) in [5.74, 6) is 0.411. The zero-order chi connectivity index (χ0) is 15.0. The van der Waals surface area contributed by atoms with Crippen molar-refractivity contribution in [1.29, 1.82) is 0 Å². The van der Waals surface area contributed by atoms with Gasteiger partial charge in [0.2, 0.25) is 0 Å². The lowest BCUT2D eigenvalue weighted by Gasteiger charge is -2.09. The predicted molar refractivity (Wildman–Crippen MR) is 86.8 cm³/mol.